The standard InChI is InChI=1S/C49H30N2O/c52-49-40-26-24-34(31-12-3-1-4-13-31)29-42(40)38-20-10-21-39-43-30-35(25-27-45(43)51(49)48(38)39)33-16-9-17-36(28-33)50-44-22-8-7-18-41(44)47-37(19-11-23-46(47)50)32-14-5-2-6-15-32/h1-30H. The molecule has 242 valence electrons. The number of hydrogen-bond donors (Lipinski definition) is 0. The largest absolute Gasteiger partial charge is 0.309 e. The lowest BCUT2D eigenvalue weighted by Gasteiger charge is -2.11. The van der Waals surface area contributed by atoms with E-state index < -0.39 is 0 Å². The summed E-state index contributed by atoms with van der Waals surface area (Å²) in [6, 6.07) is 64.3. The molecule has 8 aromatic carbocycles. The molecule has 52 heavy (non-hydrogen) atoms. The van der Waals surface area contributed by atoms with E-state index in [4.69, 9.17) is 0 Å². The van der Waals surface area contributed by atoms with Crippen LogP contribution in [0.1, 0.15) is 0 Å². The van der Waals surface area contributed by atoms with E-state index in [0.717, 1.165) is 65.9 Å². The van der Waals surface area contributed by atoms with Gasteiger partial charge in [0.25, 0.3) is 5.56 Å². The Hall–Kier alpha value is -6.97. The van der Waals surface area contributed by atoms with Crippen molar-refractivity contribution in [2.75, 3.05) is 0 Å². The maximum Gasteiger partial charge on any atom is 0.263 e. The summed E-state index contributed by atoms with van der Waals surface area (Å²) in [6.07, 6.45) is 0. The van der Waals surface area contributed by atoms with Gasteiger partial charge in [0, 0.05) is 38.0 Å². The van der Waals surface area contributed by atoms with Crippen LogP contribution in [0.5, 0.6) is 0 Å². The van der Waals surface area contributed by atoms with E-state index in [1.54, 1.807) is 0 Å². The first kappa shape index (κ1) is 28.8. The van der Waals surface area contributed by atoms with E-state index in [0.29, 0.717) is 0 Å². The molecule has 3 aromatic heterocycles. The molecule has 0 aliphatic carbocycles. The van der Waals surface area contributed by atoms with E-state index in [-0.39, 0.29) is 5.56 Å². The Kier molecular flexibility index (Phi) is 6.11. The third-order valence-electron chi connectivity index (χ3n) is 10.9. The molecule has 0 spiro atoms. The Labute approximate surface area is 299 Å². The highest BCUT2D eigenvalue weighted by Gasteiger charge is 2.19. The third kappa shape index (κ3) is 4.11. The van der Waals surface area contributed by atoms with Crippen molar-refractivity contribution in [2.24, 2.45) is 0 Å². The maximum atomic E-state index is 14.2. The fourth-order valence-corrected chi connectivity index (χ4v) is 8.54. The Morgan fingerprint density at radius 3 is 1.79 bits per heavy atom. The van der Waals surface area contributed by atoms with Crippen molar-refractivity contribution in [1.29, 1.82) is 0 Å². The van der Waals surface area contributed by atoms with Crippen LogP contribution in [-0.2, 0) is 0 Å². The molecule has 0 N–H and O–H groups in total. The molecule has 11 aromatic rings. The topological polar surface area (TPSA) is 26.4 Å². The van der Waals surface area contributed by atoms with Crippen LogP contribution in [-0.4, -0.2) is 8.97 Å². The van der Waals surface area contributed by atoms with Crippen LogP contribution >= 0.6 is 0 Å². The van der Waals surface area contributed by atoms with Crippen molar-refractivity contribution in [1.82, 2.24) is 8.97 Å². The molecule has 0 saturated heterocycles. The first-order chi connectivity index (χ1) is 25.7. The van der Waals surface area contributed by atoms with Crippen molar-refractivity contribution >= 4 is 59.8 Å². The molecular weight excluding hydrogens is 633 g/mol. The van der Waals surface area contributed by atoms with Crippen LogP contribution in [0.2, 0.25) is 0 Å². The Morgan fingerprint density at radius 1 is 0.346 bits per heavy atom. The number of pyridine rings is 1. The fourth-order valence-electron chi connectivity index (χ4n) is 8.54. The summed E-state index contributed by atoms with van der Waals surface area (Å²) in [5.74, 6) is 0. The van der Waals surface area contributed by atoms with Crippen LogP contribution < -0.4 is 5.56 Å². The van der Waals surface area contributed by atoms with Crippen LogP contribution in [0.4, 0.5) is 0 Å². The van der Waals surface area contributed by atoms with E-state index in [1.165, 1.54) is 32.9 Å². The first-order valence-corrected chi connectivity index (χ1v) is 17.7. The van der Waals surface area contributed by atoms with Gasteiger partial charge in [-0.25, -0.2) is 0 Å². The molecule has 0 atom stereocenters. The molecule has 0 aliphatic heterocycles. The van der Waals surface area contributed by atoms with E-state index in [2.05, 4.69) is 174 Å². The predicted molar refractivity (Wildman–Crippen MR) is 218 cm³/mol. The minimum atomic E-state index is 0.0179. The van der Waals surface area contributed by atoms with E-state index in [9.17, 15) is 4.79 Å². The normalized spacial score (nSPS) is 11.9. The van der Waals surface area contributed by atoms with Gasteiger partial charge in [0.15, 0.2) is 0 Å². The molecule has 0 unspecified atom stereocenters. The lowest BCUT2D eigenvalue weighted by atomic mass is 9.98. The lowest BCUT2D eigenvalue weighted by molar-refractivity contribution is 1.18. The zero-order valence-corrected chi connectivity index (χ0v) is 28.1. The van der Waals surface area contributed by atoms with Gasteiger partial charge in [0.05, 0.1) is 22.1 Å². The number of nitrogens with zero attached hydrogens (tertiary/aromatic N) is 2. The van der Waals surface area contributed by atoms with Gasteiger partial charge in [-0.2, -0.15) is 0 Å². The SMILES string of the molecule is O=c1c2ccc(-c3ccccc3)cc2c2cccc3c4cc(-c5cccc(-n6c7ccccc7c7c(-c8ccccc8)cccc76)c5)ccc4n1c23. The zero-order valence-electron chi connectivity index (χ0n) is 28.1. The fraction of sp³-hybridized carbons (Fsp3) is 0. The summed E-state index contributed by atoms with van der Waals surface area (Å²) in [6.45, 7) is 0. The highest BCUT2D eigenvalue weighted by molar-refractivity contribution is 6.21. The van der Waals surface area contributed by atoms with Gasteiger partial charge in [0.1, 0.15) is 0 Å². The van der Waals surface area contributed by atoms with Crippen molar-refractivity contribution in [2.45, 2.75) is 0 Å². The van der Waals surface area contributed by atoms with Gasteiger partial charge in [-0.1, -0.05) is 133 Å². The van der Waals surface area contributed by atoms with Crippen LogP contribution in [0.15, 0.2) is 187 Å². The Balaban J connectivity index is 1.10. The highest BCUT2D eigenvalue weighted by Crippen LogP contribution is 2.40. The van der Waals surface area contributed by atoms with E-state index >= 15 is 0 Å². The van der Waals surface area contributed by atoms with Crippen molar-refractivity contribution in [3.05, 3.63) is 192 Å². The molecule has 0 radical (unpaired) electrons. The summed E-state index contributed by atoms with van der Waals surface area (Å²) in [4.78, 5) is 14.2. The van der Waals surface area contributed by atoms with Gasteiger partial charge in [-0.05, 0) is 87.3 Å². The second kappa shape index (κ2) is 11.0. The van der Waals surface area contributed by atoms with Gasteiger partial charge >= 0.3 is 0 Å². The number of rotatable bonds is 4. The molecule has 11 rings (SSSR count). The summed E-state index contributed by atoms with van der Waals surface area (Å²) in [5, 5.41) is 7.47. The summed E-state index contributed by atoms with van der Waals surface area (Å²) < 4.78 is 4.31. The second-order valence-corrected chi connectivity index (χ2v) is 13.7. The molecule has 0 saturated carbocycles. The number of hydrogen-bond acceptors (Lipinski definition) is 1. The molecule has 0 fully saturated rings. The first-order valence-electron chi connectivity index (χ1n) is 17.7. The smallest absolute Gasteiger partial charge is 0.263 e. The molecule has 3 heterocycles. The highest BCUT2D eigenvalue weighted by atomic mass is 16.1. The van der Waals surface area contributed by atoms with Crippen LogP contribution in [0.3, 0.4) is 0 Å². The van der Waals surface area contributed by atoms with E-state index in [1.807, 2.05) is 16.5 Å². The van der Waals surface area contributed by atoms with Crippen LogP contribution in [0, 0.1) is 0 Å². The second-order valence-electron chi connectivity index (χ2n) is 13.7. The zero-order chi connectivity index (χ0) is 34.3. The number of aromatic nitrogens is 2. The molecule has 3 heteroatoms. The van der Waals surface area contributed by atoms with Gasteiger partial charge in [-0.15, -0.1) is 0 Å². The number of para-hydroxylation sites is 2. The van der Waals surface area contributed by atoms with Crippen molar-refractivity contribution in [3.8, 4) is 39.1 Å². The summed E-state index contributed by atoms with van der Waals surface area (Å²) in [5.41, 5.74) is 12.3. The van der Waals surface area contributed by atoms with Gasteiger partial charge < -0.3 is 4.57 Å². The monoisotopic (exact) mass is 662 g/mol. The Bertz CT molecular complexity index is 3240. The molecule has 0 bridgehead atoms. The molecule has 3 nitrogen and oxygen atoms in total. The summed E-state index contributed by atoms with van der Waals surface area (Å²) in [7, 11) is 0. The summed E-state index contributed by atoms with van der Waals surface area (Å²) >= 11 is 0. The average molecular weight is 663 g/mol. The molecule has 0 amide bonds. The maximum absolute atomic E-state index is 14.2. The number of fused-ring (bicyclic) bond motifs is 8. The molecule has 0 aliphatic rings. The lowest BCUT2D eigenvalue weighted by Crippen LogP contribution is -2.12. The average Bonchev–Trinajstić information content (AvgIpc) is 3.74. The quantitative estimate of drug-likeness (QED) is 0.172. The van der Waals surface area contributed by atoms with Gasteiger partial charge in [0.2, 0.25) is 0 Å². The van der Waals surface area contributed by atoms with Gasteiger partial charge in [-0.3, -0.25) is 9.20 Å². The van der Waals surface area contributed by atoms with Crippen molar-refractivity contribution < 1.29 is 0 Å². The molecular formula is C49H30N2O. The van der Waals surface area contributed by atoms with Crippen molar-refractivity contribution in [3.63, 3.8) is 0 Å². The Morgan fingerprint density at radius 2 is 0.942 bits per heavy atom. The van der Waals surface area contributed by atoms with Crippen LogP contribution in [0.25, 0.3) is 98.8 Å². The predicted octanol–water partition coefficient (Wildman–Crippen LogP) is 12.3. The minimum Gasteiger partial charge on any atom is -0.309 e. The minimum absolute atomic E-state index is 0.0179. The number of benzene rings is 8. The third-order valence-corrected chi connectivity index (χ3v) is 10.9.